The number of nitrogens with one attached hydrogen (secondary N) is 2. The highest BCUT2D eigenvalue weighted by Gasteiger charge is 2.37. The van der Waals surface area contributed by atoms with Crippen LogP contribution in [0.15, 0.2) is 0 Å². The second kappa shape index (κ2) is 8.42. The molecule has 6 heteroatoms. The van der Waals surface area contributed by atoms with E-state index in [0.29, 0.717) is 12.1 Å². The summed E-state index contributed by atoms with van der Waals surface area (Å²) in [6.45, 7) is 3.41. The molecular weight excluding hydrogens is 297 g/mol. The van der Waals surface area contributed by atoms with Gasteiger partial charge in [0.25, 0.3) is 0 Å². The van der Waals surface area contributed by atoms with Crippen LogP contribution >= 0.6 is 24.8 Å². The molecule has 4 nitrogen and oxygen atoms in total. The Morgan fingerprint density at radius 1 is 1.00 bits per heavy atom. The maximum atomic E-state index is 12.2. The van der Waals surface area contributed by atoms with E-state index in [9.17, 15) is 4.79 Å². The summed E-state index contributed by atoms with van der Waals surface area (Å²) in [6.07, 6.45) is 8.48. The summed E-state index contributed by atoms with van der Waals surface area (Å²) in [5.41, 5.74) is 0. The van der Waals surface area contributed by atoms with E-state index in [1.54, 1.807) is 0 Å². The van der Waals surface area contributed by atoms with E-state index in [2.05, 4.69) is 15.5 Å². The summed E-state index contributed by atoms with van der Waals surface area (Å²) in [5, 5.41) is 6.64. The second-order valence-corrected chi connectivity index (χ2v) is 6.01. The molecule has 0 bridgehead atoms. The van der Waals surface area contributed by atoms with Crippen LogP contribution in [0.3, 0.4) is 0 Å². The highest BCUT2D eigenvalue weighted by atomic mass is 35.5. The van der Waals surface area contributed by atoms with Gasteiger partial charge >= 0.3 is 0 Å². The van der Waals surface area contributed by atoms with Crippen LogP contribution in [-0.2, 0) is 4.79 Å². The minimum atomic E-state index is 0. The van der Waals surface area contributed by atoms with Crippen molar-refractivity contribution < 1.29 is 4.79 Å². The maximum absolute atomic E-state index is 12.2. The quantitative estimate of drug-likeness (QED) is 0.813. The number of carbonyl (C=O) groups is 1. The Kier molecular flexibility index (Phi) is 7.59. The fraction of sp³-hybridized carbons (Fsp3) is 0.929. The first-order valence-electron chi connectivity index (χ1n) is 7.62. The predicted molar refractivity (Wildman–Crippen MR) is 85.9 cm³/mol. The average Bonchev–Trinajstić information content (AvgIpc) is 2.83. The molecule has 3 saturated heterocycles. The van der Waals surface area contributed by atoms with Crippen molar-refractivity contribution >= 4 is 30.7 Å². The molecule has 0 aromatic carbocycles. The highest BCUT2D eigenvalue weighted by molar-refractivity contribution is 5.85. The second-order valence-electron chi connectivity index (χ2n) is 6.01. The minimum absolute atomic E-state index is 0. The molecule has 3 unspecified atom stereocenters. The van der Waals surface area contributed by atoms with Crippen molar-refractivity contribution in [2.24, 2.45) is 0 Å². The molecule has 0 spiro atoms. The normalized spacial score (nSPS) is 33.5. The average molecular weight is 324 g/mol. The molecule has 0 saturated carbocycles. The summed E-state index contributed by atoms with van der Waals surface area (Å²) >= 11 is 0. The van der Waals surface area contributed by atoms with E-state index < -0.39 is 0 Å². The molecule has 2 N–H and O–H groups in total. The van der Waals surface area contributed by atoms with Crippen molar-refractivity contribution in [3.63, 3.8) is 0 Å². The molecule has 0 radical (unpaired) electrons. The van der Waals surface area contributed by atoms with Crippen molar-refractivity contribution in [1.82, 2.24) is 15.5 Å². The van der Waals surface area contributed by atoms with Gasteiger partial charge < -0.3 is 10.6 Å². The Hall–Kier alpha value is -0.0300. The first kappa shape index (κ1) is 18.0. The summed E-state index contributed by atoms with van der Waals surface area (Å²) in [5.74, 6) is 0.243. The number of nitrogens with zero attached hydrogens (tertiary/aromatic N) is 1. The Labute approximate surface area is 134 Å². The van der Waals surface area contributed by atoms with E-state index in [-0.39, 0.29) is 36.8 Å². The van der Waals surface area contributed by atoms with Crippen molar-refractivity contribution in [3.05, 3.63) is 0 Å². The molecule has 20 heavy (non-hydrogen) atoms. The summed E-state index contributed by atoms with van der Waals surface area (Å²) in [7, 11) is 0. The van der Waals surface area contributed by atoms with Crippen LogP contribution in [0.1, 0.15) is 44.9 Å². The van der Waals surface area contributed by atoms with Crippen molar-refractivity contribution in [2.45, 2.75) is 63.1 Å². The number of rotatable bonds is 2. The van der Waals surface area contributed by atoms with Gasteiger partial charge in [-0.1, -0.05) is 12.8 Å². The molecule has 0 aromatic rings. The molecule has 3 rings (SSSR count). The highest BCUT2D eigenvalue weighted by Crippen LogP contribution is 2.27. The Balaban J connectivity index is 0.000001000. The number of piperidine rings is 2. The van der Waals surface area contributed by atoms with Gasteiger partial charge in [0.05, 0.1) is 6.04 Å². The monoisotopic (exact) mass is 323 g/mol. The number of hydrogen-bond donors (Lipinski definition) is 2. The largest absolute Gasteiger partial charge is 0.350 e. The first-order valence-corrected chi connectivity index (χ1v) is 7.62. The molecule has 3 aliphatic rings. The third-order valence-corrected chi connectivity index (χ3v) is 4.81. The van der Waals surface area contributed by atoms with Gasteiger partial charge in [-0.3, -0.25) is 9.69 Å². The van der Waals surface area contributed by atoms with Crippen molar-refractivity contribution in [2.75, 3.05) is 19.6 Å². The minimum Gasteiger partial charge on any atom is -0.350 e. The predicted octanol–water partition coefficient (Wildman–Crippen LogP) is 1.72. The summed E-state index contributed by atoms with van der Waals surface area (Å²) in [6, 6.07) is 1.09. The van der Waals surface area contributed by atoms with E-state index in [1.807, 2.05) is 0 Å². The molecule has 3 heterocycles. The van der Waals surface area contributed by atoms with Gasteiger partial charge in [-0.2, -0.15) is 0 Å². The molecule has 0 aromatic heterocycles. The fourth-order valence-electron chi connectivity index (χ4n) is 3.77. The molecule has 118 valence electrons. The molecule has 1 amide bonds. The summed E-state index contributed by atoms with van der Waals surface area (Å²) in [4.78, 5) is 14.8. The van der Waals surface area contributed by atoms with Crippen LogP contribution < -0.4 is 10.6 Å². The van der Waals surface area contributed by atoms with Gasteiger partial charge in [0.2, 0.25) is 5.91 Å². The standard InChI is InChI=1S/C14H25N3O.2ClH/c18-14(12-5-1-3-8-15-12)16-11-7-10-17-9-4-2-6-13(11)17;;/h11-13,15H,1-10H2,(H,16,18);2*1H. The van der Waals surface area contributed by atoms with Gasteiger partial charge in [-0.25, -0.2) is 0 Å². The van der Waals surface area contributed by atoms with Gasteiger partial charge in [-0.05, 0) is 45.2 Å². The van der Waals surface area contributed by atoms with Crippen LogP contribution in [0, 0.1) is 0 Å². The third-order valence-electron chi connectivity index (χ3n) is 4.81. The third kappa shape index (κ3) is 4.00. The van der Waals surface area contributed by atoms with Crippen molar-refractivity contribution in [3.8, 4) is 0 Å². The van der Waals surface area contributed by atoms with E-state index >= 15 is 0 Å². The lowest BCUT2D eigenvalue weighted by Crippen LogP contribution is -2.53. The molecule has 0 aliphatic carbocycles. The molecular formula is C14H27Cl2N3O. The SMILES string of the molecule is Cl.Cl.O=C(NC1CCN2CCCCC12)C1CCCCN1. The molecule has 3 atom stereocenters. The Morgan fingerprint density at radius 3 is 2.55 bits per heavy atom. The van der Waals surface area contributed by atoms with Gasteiger partial charge in [-0.15, -0.1) is 24.8 Å². The summed E-state index contributed by atoms with van der Waals surface area (Å²) < 4.78 is 0. The zero-order valence-electron chi connectivity index (χ0n) is 12.0. The van der Waals surface area contributed by atoms with Crippen LogP contribution in [0.2, 0.25) is 0 Å². The maximum Gasteiger partial charge on any atom is 0.237 e. The van der Waals surface area contributed by atoms with Gasteiger partial charge in [0, 0.05) is 18.6 Å². The number of fused-ring (bicyclic) bond motifs is 1. The lowest BCUT2D eigenvalue weighted by molar-refractivity contribution is -0.124. The number of hydrogen-bond acceptors (Lipinski definition) is 3. The van der Waals surface area contributed by atoms with Crippen LogP contribution in [0.4, 0.5) is 0 Å². The van der Waals surface area contributed by atoms with Crippen LogP contribution in [-0.4, -0.2) is 48.6 Å². The van der Waals surface area contributed by atoms with E-state index in [0.717, 1.165) is 19.4 Å². The zero-order chi connectivity index (χ0) is 12.4. The van der Waals surface area contributed by atoms with Crippen molar-refractivity contribution in [1.29, 1.82) is 0 Å². The van der Waals surface area contributed by atoms with Gasteiger partial charge in [0.1, 0.15) is 0 Å². The topological polar surface area (TPSA) is 44.4 Å². The Bertz CT molecular complexity index is 311. The Morgan fingerprint density at radius 2 is 1.80 bits per heavy atom. The van der Waals surface area contributed by atoms with Gasteiger partial charge in [0.15, 0.2) is 0 Å². The lowest BCUT2D eigenvalue weighted by atomic mass is 9.98. The molecule has 3 fully saturated rings. The van der Waals surface area contributed by atoms with Crippen LogP contribution in [0.5, 0.6) is 0 Å². The van der Waals surface area contributed by atoms with Crippen LogP contribution in [0.25, 0.3) is 0 Å². The lowest BCUT2D eigenvalue weighted by Gasteiger charge is -2.33. The first-order chi connectivity index (χ1) is 8.84. The molecule has 3 aliphatic heterocycles. The fourth-order valence-corrected chi connectivity index (χ4v) is 3.77. The number of amides is 1. The smallest absolute Gasteiger partial charge is 0.237 e. The number of carbonyl (C=O) groups excluding carboxylic acids is 1. The van der Waals surface area contributed by atoms with E-state index in [4.69, 9.17) is 0 Å². The number of halogens is 2. The van der Waals surface area contributed by atoms with E-state index in [1.165, 1.54) is 45.2 Å². The zero-order valence-corrected chi connectivity index (χ0v) is 13.6.